The van der Waals surface area contributed by atoms with Gasteiger partial charge in [0.15, 0.2) is 0 Å². The standard InChI is InChI=1S/C13H20OS2/c1-3-9(4-2)13(14)12-7-10-8-15-6-5-11(10)16-12/h7,9,13-14H,3-6,8H2,1-2H3. The molecule has 3 heteroatoms. The lowest BCUT2D eigenvalue weighted by Gasteiger charge is -2.18. The summed E-state index contributed by atoms with van der Waals surface area (Å²) in [5, 5.41) is 10.3. The van der Waals surface area contributed by atoms with Gasteiger partial charge in [-0.1, -0.05) is 26.7 Å². The first-order valence-electron chi connectivity index (χ1n) is 6.13. The monoisotopic (exact) mass is 256 g/mol. The third kappa shape index (κ3) is 2.47. The zero-order chi connectivity index (χ0) is 11.5. The first-order valence-corrected chi connectivity index (χ1v) is 8.10. The van der Waals surface area contributed by atoms with Crippen LogP contribution in [-0.2, 0) is 12.2 Å². The van der Waals surface area contributed by atoms with Crippen LogP contribution in [0.25, 0.3) is 0 Å². The summed E-state index contributed by atoms with van der Waals surface area (Å²) >= 11 is 3.85. The van der Waals surface area contributed by atoms with Crippen LogP contribution in [0.15, 0.2) is 6.07 Å². The van der Waals surface area contributed by atoms with Crippen molar-refractivity contribution in [2.75, 3.05) is 5.75 Å². The second kappa shape index (κ2) is 5.56. The van der Waals surface area contributed by atoms with Gasteiger partial charge in [0.25, 0.3) is 0 Å². The minimum Gasteiger partial charge on any atom is -0.387 e. The van der Waals surface area contributed by atoms with Crippen molar-refractivity contribution in [3.8, 4) is 0 Å². The minimum atomic E-state index is -0.240. The Kier molecular flexibility index (Phi) is 4.34. The summed E-state index contributed by atoms with van der Waals surface area (Å²) in [6.45, 7) is 4.33. The Morgan fingerprint density at radius 3 is 2.75 bits per heavy atom. The SMILES string of the molecule is CCC(CC)C(O)c1cc2c(s1)CCSC2. The van der Waals surface area contributed by atoms with Crippen molar-refractivity contribution in [3.05, 3.63) is 21.4 Å². The predicted octanol–water partition coefficient (Wildman–Crippen LogP) is 4.01. The van der Waals surface area contributed by atoms with E-state index in [1.54, 1.807) is 0 Å². The normalized spacial score (nSPS) is 17.5. The molecule has 1 aliphatic heterocycles. The van der Waals surface area contributed by atoms with Gasteiger partial charge in [-0.3, -0.25) is 0 Å². The van der Waals surface area contributed by atoms with Gasteiger partial charge in [-0.05, 0) is 29.7 Å². The van der Waals surface area contributed by atoms with E-state index in [9.17, 15) is 5.11 Å². The van der Waals surface area contributed by atoms with Crippen molar-refractivity contribution in [2.45, 2.75) is 45.0 Å². The molecule has 16 heavy (non-hydrogen) atoms. The van der Waals surface area contributed by atoms with Crippen LogP contribution in [0.2, 0.25) is 0 Å². The molecule has 1 nitrogen and oxygen atoms in total. The summed E-state index contributed by atoms with van der Waals surface area (Å²) in [7, 11) is 0. The molecule has 0 fully saturated rings. The highest BCUT2D eigenvalue weighted by Crippen LogP contribution is 2.37. The van der Waals surface area contributed by atoms with E-state index < -0.39 is 0 Å². The molecule has 2 heterocycles. The van der Waals surface area contributed by atoms with Crippen molar-refractivity contribution >= 4 is 23.1 Å². The van der Waals surface area contributed by atoms with Gasteiger partial charge in [-0.25, -0.2) is 0 Å². The number of aryl methyl sites for hydroxylation is 1. The summed E-state index contributed by atoms with van der Waals surface area (Å²) in [5.41, 5.74) is 1.47. The minimum absolute atomic E-state index is 0.240. The second-order valence-corrected chi connectivity index (χ2v) is 6.69. The van der Waals surface area contributed by atoms with Gasteiger partial charge in [0.2, 0.25) is 0 Å². The van der Waals surface area contributed by atoms with Gasteiger partial charge in [0.1, 0.15) is 0 Å². The summed E-state index contributed by atoms with van der Waals surface area (Å²) in [5.74, 6) is 2.81. The van der Waals surface area contributed by atoms with Crippen molar-refractivity contribution in [2.24, 2.45) is 5.92 Å². The molecule has 1 aromatic heterocycles. The highest BCUT2D eigenvalue weighted by atomic mass is 32.2. The van der Waals surface area contributed by atoms with E-state index >= 15 is 0 Å². The maximum Gasteiger partial charge on any atom is 0.0910 e. The number of thiophene rings is 1. The fourth-order valence-corrected chi connectivity index (χ4v) is 4.74. The Morgan fingerprint density at radius 2 is 2.12 bits per heavy atom. The molecule has 1 aliphatic rings. The van der Waals surface area contributed by atoms with Crippen LogP contribution in [0.4, 0.5) is 0 Å². The number of hydrogen-bond acceptors (Lipinski definition) is 3. The summed E-state index contributed by atoms with van der Waals surface area (Å²) in [6, 6.07) is 2.25. The molecule has 0 spiro atoms. The first kappa shape index (κ1) is 12.5. The highest BCUT2D eigenvalue weighted by Gasteiger charge is 2.22. The number of hydrogen-bond donors (Lipinski definition) is 1. The highest BCUT2D eigenvalue weighted by molar-refractivity contribution is 7.98. The molecular weight excluding hydrogens is 236 g/mol. The summed E-state index contributed by atoms with van der Waals surface area (Å²) < 4.78 is 0. The zero-order valence-corrected chi connectivity index (χ0v) is 11.7. The summed E-state index contributed by atoms with van der Waals surface area (Å²) in [4.78, 5) is 2.71. The molecular formula is C13H20OS2. The lowest BCUT2D eigenvalue weighted by atomic mass is 9.95. The fourth-order valence-electron chi connectivity index (χ4n) is 2.28. The molecule has 0 saturated heterocycles. The molecule has 0 aliphatic carbocycles. The van der Waals surface area contributed by atoms with Crippen molar-refractivity contribution in [1.29, 1.82) is 0 Å². The average molecular weight is 256 g/mol. The number of aliphatic hydroxyl groups excluding tert-OH is 1. The third-order valence-electron chi connectivity index (χ3n) is 3.43. The van der Waals surface area contributed by atoms with Gasteiger partial charge in [0, 0.05) is 15.5 Å². The van der Waals surface area contributed by atoms with Gasteiger partial charge in [-0.15, -0.1) is 11.3 Å². The molecule has 0 aromatic carbocycles. The number of thioether (sulfide) groups is 1. The van der Waals surface area contributed by atoms with Gasteiger partial charge in [-0.2, -0.15) is 11.8 Å². The Balaban J connectivity index is 2.17. The summed E-state index contributed by atoms with van der Waals surface area (Å²) in [6.07, 6.45) is 3.08. The maximum atomic E-state index is 10.3. The van der Waals surface area contributed by atoms with Crippen LogP contribution in [-0.4, -0.2) is 10.9 Å². The predicted molar refractivity (Wildman–Crippen MR) is 73.2 cm³/mol. The molecule has 0 bridgehead atoms. The third-order valence-corrected chi connectivity index (χ3v) is 5.75. The molecule has 1 N–H and O–H groups in total. The van der Waals surface area contributed by atoms with Crippen LogP contribution in [0, 0.1) is 5.92 Å². The Labute approximate surface area is 106 Å². The van der Waals surface area contributed by atoms with E-state index in [0.29, 0.717) is 5.92 Å². The molecule has 1 aromatic rings. The topological polar surface area (TPSA) is 20.2 Å². The second-order valence-electron chi connectivity index (χ2n) is 4.42. The lowest BCUT2D eigenvalue weighted by molar-refractivity contribution is 0.107. The van der Waals surface area contributed by atoms with Crippen LogP contribution < -0.4 is 0 Å². The molecule has 0 amide bonds. The van der Waals surface area contributed by atoms with Crippen LogP contribution in [0.3, 0.4) is 0 Å². The average Bonchev–Trinajstić information content (AvgIpc) is 2.74. The van der Waals surface area contributed by atoms with Gasteiger partial charge < -0.3 is 5.11 Å². The van der Waals surface area contributed by atoms with E-state index in [0.717, 1.165) is 18.6 Å². The fraction of sp³-hybridized carbons (Fsp3) is 0.692. The van der Waals surface area contributed by atoms with E-state index in [1.807, 2.05) is 23.1 Å². The molecule has 2 rings (SSSR count). The number of rotatable bonds is 4. The number of aliphatic hydroxyl groups is 1. The smallest absolute Gasteiger partial charge is 0.0910 e. The van der Waals surface area contributed by atoms with Crippen LogP contribution in [0.5, 0.6) is 0 Å². The maximum absolute atomic E-state index is 10.3. The van der Waals surface area contributed by atoms with Gasteiger partial charge in [0.05, 0.1) is 6.10 Å². The Bertz CT molecular complexity index is 318. The van der Waals surface area contributed by atoms with Crippen LogP contribution in [0.1, 0.15) is 48.1 Å². The molecule has 90 valence electrons. The van der Waals surface area contributed by atoms with Crippen molar-refractivity contribution < 1.29 is 5.11 Å². The number of fused-ring (bicyclic) bond motifs is 1. The first-order chi connectivity index (χ1) is 7.76. The Morgan fingerprint density at radius 1 is 1.38 bits per heavy atom. The molecule has 1 atom stereocenters. The van der Waals surface area contributed by atoms with Crippen LogP contribution >= 0.6 is 23.1 Å². The van der Waals surface area contributed by atoms with Crippen molar-refractivity contribution in [1.82, 2.24) is 0 Å². The zero-order valence-electron chi connectivity index (χ0n) is 10.0. The lowest BCUT2D eigenvalue weighted by Crippen LogP contribution is -2.09. The van der Waals surface area contributed by atoms with E-state index in [1.165, 1.54) is 27.5 Å². The molecule has 0 saturated carbocycles. The molecule has 0 radical (unpaired) electrons. The van der Waals surface area contributed by atoms with Gasteiger partial charge >= 0.3 is 0 Å². The molecule has 1 unspecified atom stereocenters. The van der Waals surface area contributed by atoms with E-state index in [4.69, 9.17) is 0 Å². The Hall–Kier alpha value is 0.01000. The quantitative estimate of drug-likeness (QED) is 0.878. The van der Waals surface area contributed by atoms with Crippen molar-refractivity contribution in [3.63, 3.8) is 0 Å². The van der Waals surface area contributed by atoms with E-state index in [-0.39, 0.29) is 6.10 Å². The van der Waals surface area contributed by atoms with E-state index in [2.05, 4.69) is 19.9 Å². The largest absolute Gasteiger partial charge is 0.387 e.